The van der Waals surface area contributed by atoms with Gasteiger partial charge in [-0.2, -0.15) is 0 Å². The maximum atomic E-state index is 12.9. The van der Waals surface area contributed by atoms with E-state index in [1.54, 1.807) is 37.3 Å². The predicted octanol–water partition coefficient (Wildman–Crippen LogP) is 3.37. The van der Waals surface area contributed by atoms with Crippen LogP contribution in [0.3, 0.4) is 0 Å². The average Bonchev–Trinajstić information content (AvgIpc) is 2.94. The molecule has 0 aliphatic heterocycles. The lowest BCUT2D eigenvalue weighted by Gasteiger charge is -2.09. The van der Waals surface area contributed by atoms with Crippen LogP contribution in [0.1, 0.15) is 23.0 Å². The number of carbonyl (C=O) groups excluding carboxylic acids is 2. The Morgan fingerprint density at radius 3 is 2.50 bits per heavy atom. The standard InChI is InChI=1S/C18H15N3O5/c1-2-26-18(23)20-14-10-12(21(24)25)8-9-13(14)15(19)16(20)17(22)11-6-4-3-5-7-11/h3-10H,2,19H2,1H3. The zero-order valence-electron chi connectivity index (χ0n) is 13.8. The van der Waals surface area contributed by atoms with Crippen molar-refractivity contribution in [3.63, 3.8) is 0 Å². The molecule has 0 atom stereocenters. The number of hydrogen-bond donors (Lipinski definition) is 1. The number of fused-ring (bicyclic) bond motifs is 1. The van der Waals surface area contributed by atoms with E-state index in [1.165, 1.54) is 18.2 Å². The zero-order chi connectivity index (χ0) is 18.8. The number of ketones is 1. The molecule has 3 aromatic rings. The van der Waals surface area contributed by atoms with Gasteiger partial charge in [-0.15, -0.1) is 0 Å². The van der Waals surface area contributed by atoms with Crippen molar-refractivity contribution in [2.75, 3.05) is 12.3 Å². The number of anilines is 1. The summed E-state index contributed by atoms with van der Waals surface area (Å²) in [7, 11) is 0. The van der Waals surface area contributed by atoms with E-state index in [-0.39, 0.29) is 29.2 Å². The van der Waals surface area contributed by atoms with Crippen LogP contribution in [0.15, 0.2) is 48.5 Å². The van der Waals surface area contributed by atoms with Gasteiger partial charge >= 0.3 is 6.09 Å². The Bertz CT molecular complexity index is 1020. The van der Waals surface area contributed by atoms with Crippen LogP contribution in [-0.4, -0.2) is 28.0 Å². The minimum absolute atomic E-state index is 0.0665. The Labute approximate surface area is 147 Å². The average molecular weight is 353 g/mol. The van der Waals surface area contributed by atoms with E-state index in [1.807, 2.05) is 0 Å². The number of carbonyl (C=O) groups is 2. The molecule has 2 aromatic carbocycles. The zero-order valence-corrected chi connectivity index (χ0v) is 13.8. The molecule has 0 amide bonds. The van der Waals surface area contributed by atoms with Crippen molar-refractivity contribution in [2.45, 2.75) is 6.92 Å². The lowest BCUT2D eigenvalue weighted by Crippen LogP contribution is -2.20. The van der Waals surface area contributed by atoms with Crippen molar-refractivity contribution >= 4 is 34.2 Å². The summed E-state index contributed by atoms with van der Waals surface area (Å²) in [5.74, 6) is -0.477. The largest absolute Gasteiger partial charge is 0.449 e. The van der Waals surface area contributed by atoms with E-state index < -0.39 is 16.8 Å². The highest BCUT2D eigenvalue weighted by atomic mass is 16.6. The number of nitro benzene ring substituents is 1. The molecule has 0 radical (unpaired) electrons. The molecule has 0 spiro atoms. The van der Waals surface area contributed by atoms with Crippen LogP contribution in [0, 0.1) is 10.1 Å². The number of nitrogen functional groups attached to an aromatic ring is 1. The second-order valence-electron chi connectivity index (χ2n) is 5.45. The number of nitro groups is 1. The number of nitrogens with two attached hydrogens (primary N) is 1. The number of hydrogen-bond acceptors (Lipinski definition) is 6. The second-order valence-corrected chi connectivity index (χ2v) is 5.45. The molecule has 0 bridgehead atoms. The van der Waals surface area contributed by atoms with Gasteiger partial charge in [-0.1, -0.05) is 30.3 Å². The molecule has 1 aromatic heterocycles. The van der Waals surface area contributed by atoms with Gasteiger partial charge in [0.2, 0.25) is 5.78 Å². The molecule has 0 aliphatic rings. The van der Waals surface area contributed by atoms with Crippen molar-refractivity contribution < 1.29 is 19.2 Å². The number of ether oxygens (including phenoxy) is 1. The Kier molecular flexibility index (Phi) is 4.40. The summed E-state index contributed by atoms with van der Waals surface area (Å²) in [6, 6.07) is 12.2. The van der Waals surface area contributed by atoms with Crippen LogP contribution in [0.5, 0.6) is 0 Å². The van der Waals surface area contributed by atoms with Crippen molar-refractivity contribution in [2.24, 2.45) is 0 Å². The molecular weight excluding hydrogens is 338 g/mol. The molecule has 0 aliphatic carbocycles. The predicted molar refractivity (Wildman–Crippen MR) is 95.3 cm³/mol. The number of non-ortho nitro benzene ring substituents is 1. The van der Waals surface area contributed by atoms with Crippen LogP contribution < -0.4 is 5.73 Å². The first-order chi connectivity index (χ1) is 12.5. The first-order valence-electron chi connectivity index (χ1n) is 7.81. The summed E-state index contributed by atoms with van der Waals surface area (Å²) >= 11 is 0. The summed E-state index contributed by atoms with van der Waals surface area (Å²) in [5.41, 5.74) is 6.37. The molecule has 0 fully saturated rings. The minimum Gasteiger partial charge on any atom is -0.449 e. The smallest absolute Gasteiger partial charge is 0.419 e. The third-order valence-electron chi connectivity index (χ3n) is 3.90. The fraction of sp³-hybridized carbons (Fsp3) is 0.111. The third-order valence-corrected chi connectivity index (χ3v) is 3.90. The molecule has 8 nitrogen and oxygen atoms in total. The first-order valence-corrected chi connectivity index (χ1v) is 7.81. The SMILES string of the molecule is CCOC(=O)n1c(C(=O)c2ccccc2)c(N)c2ccc([N+](=O)[O-])cc21. The molecule has 0 saturated carbocycles. The molecule has 2 N–H and O–H groups in total. The van der Waals surface area contributed by atoms with Crippen molar-refractivity contribution in [1.82, 2.24) is 4.57 Å². The van der Waals surface area contributed by atoms with Crippen molar-refractivity contribution in [1.29, 1.82) is 0 Å². The fourth-order valence-electron chi connectivity index (χ4n) is 2.74. The van der Waals surface area contributed by atoms with Crippen molar-refractivity contribution in [3.05, 3.63) is 69.9 Å². The third kappa shape index (κ3) is 2.77. The van der Waals surface area contributed by atoms with Crippen LogP contribution in [-0.2, 0) is 4.74 Å². The van der Waals surface area contributed by atoms with E-state index >= 15 is 0 Å². The first kappa shape index (κ1) is 17.2. The molecule has 26 heavy (non-hydrogen) atoms. The van der Waals surface area contributed by atoms with Gasteiger partial charge in [0.1, 0.15) is 5.69 Å². The number of rotatable bonds is 4. The molecule has 0 saturated heterocycles. The second kappa shape index (κ2) is 6.67. The summed E-state index contributed by atoms with van der Waals surface area (Å²) in [6.45, 7) is 1.69. The number of benzene rings is 2. The topological polar surface area (TPSA) is 117 Å². The highest BCUT2D eigenvalue weighted by Gasteiger charge is 2.27. The molecule has 132 valence electrons. The summed E-state index contributed by atoms with van der Waals surface area (Å²) < 4.78 is 6.02. The quantitative estimate of drug-likeness (QED) is 0.436. The van der Waals surface area contributed by atoms with Crippen LogP contribution in [0.25, 0.3) is 10.9 Å². The van der Waals surface area contributed by atoms with Crippen LogP contribution in [0.4, 0.5) is 16.2 Å². The summed E-state index contributed by atoms with van der Waals surface area (Å²) in [6.07, 6.45) is -0.825. The molecule has 8 heteroatoms. The summed E-state index contributed by atoms with van der Waals surface area (Å²) in [4.78, 5) is 35.9. The Balaban J connectivity index is 2.32. The maximum Gasteiger partial charge on any atom is 0.419 e. The minimum atomic E-state index is -0.825. The van der Waals surface area contributed by atoms with Gasteiger partial charge in [0.15, 0.2) is 0 Å². The van der Waals surface area contributed by atoms with Gasteiger partial charge in [-0.25, -0.2) is 9.36 Å². The van der Waals surface area contributed by atoms with Crippen molar-refractivity contribution in [3.8, 4) is 0 Å². The van der Waals surface area contributed by atoms with E-state index in [0.29, 0.717) is 10.9 Å². The van der Waals surface area contributed by atoms with Gasteiger partial charge in [0.25, 0.3) is 5.69 Å². The van der Waals surface area contributed by atoms with Gasteiger partial charge in [0, 0.05) is 23.1 Å². The van der Waals surface area contributed by atoms with Gasteiger partial charge in [0.05, 0.1) is 22.7 Å². The fourth-order valence-corrected chi connectivity index (χ4v) is 2.74. The van der Waals surface area contributed by atoms with Crippen LogP contribution >= 0.6 is 0 Å². The van der Waals surface area contributed by atoms with E-state index in [2.05, 4.69) is 0 Å². The van der Waals surface area contributed by atoms with Gasteiger partial charge in [-0.05, 0) is 13.0 Å². The van der Waals surface area contributed by atoms with E-state index in [4.69, 9.17) is 10.5 Å². The Hall–Kier alpha value is -3.68. The van der Waals surface area contributed by atoms with E-state index in [9.17, 15) is 19.7 Å². The summed E-state index contributed by atoms with van der Waals surface area (Å²) in [5, 5.41) is 11.4. The molecule has 3 rings (SSSR count). The highest BCUT2D eigenvalue weighted by Crippen LogP contribution is 2.33. The van der Waals surface area contributed by atoms with E-state index in [0.717, 1.165) is 4.57 Å². The Morgan fingerprint density at radius 1 is 1.19 bits per heavy atom. The normalized spacial score (nSPS) is 10.7. The van der Waals surface area contributed by atoms with Gasteiger partial charge in [-0.3, -0.25) is 14.9 Å². The number of nitrogens with zero attached hydrogens (tertiary/aromatic N) is 2. The molecule has 0 unspecified atom stereocenters. The highest BCUT2D eigenvalue weighted by molar-refractivity contribution is 6.18. The lowest BCUT2D eigenvalue weighted by molar-refractivity contribution is -0.384. The Morgan fingerprint density at radius 2 is 1.88 bits per heavy atom. The maximum absolute atomic E-state index is 12.9. The lowest BCUT2D eigenvalue weighted by atomic mass is 10.1. The van der Waals surface area contributed by atoms with Gasteiger partial charge < -0.3 is 10.5 Å². The molecular formula is C18H15N3O5. The monoisotopic (exact) mass is 353 g/mol. The number of aromatic nitrogens is 1. The van der Waals surface area contributed by atoms with Crippen LogP contribution in [0.2, 0.25) is 0 Å². The molecule has 1 heterocycles.